The molecule has 2 heterocycles. The Bertz CT molecular complexity index is 1010. The number of anilines is 2. The third-order valence-corrected chi connectivity index (χ3v) is 4.19. The first-order valence-corrected chi connectivity index (χ1v) is 8.11. The van der Waals surface area contributed by atoms with Crippen LogP contribution >= 0.6 is 11.6 Å². The molecule has 4 N–H and O–H groups in total. The van der Waals surface area contributed by atoms with Crippen molar-refractivity contribution in [2.45, 2.75) is 6.54 Å². The van der Waals surface area contributed by atoms with E-state index in [2.05, 4.69) is 25.5 Å². The van der Waals surface area contributed by atoms with Crippen molar-refractivity contribution in [3.05, 3.63) is 65.4 Å². The number of rotatable bonds is 4. The highest BCUT2D eigenvalue weighted by atomic mass is 35.5. The second kappa shape index (κ2) is 6.41. The predicted octanol–water partition coefficient (Wildman–Crippen LogP) is 3.87. The third-order valence-electron chi connectivity index (χ3n) is 3.94. The van der Waals surface area contributed by atoms with Crippen molar-refractivity contribution >= 4 is 34.3 Å². The number of hydrogen-bond acceptors (Lipinski definition) is 5. The van der Waals surface area contributed by atoms with Crippen LogP contribution < -0.4 is 11.1 Å². The first kappa shape index (κ1) is 15.4. The Morgan fingerprint density at radius 2 is 1.76 bits per heavy atom. The predicted molar refractivity (Wildman–Crippen MR) is 100 cm³/mol. The Kier molecular flexibility index (Phi) is 3.95. The number of halogens is 1. The van der Waals surface area contributed by atoms with Gasteiger partial charge in [-0.15, -0.1) is 0 Å². The normalized spacial score (nSPS) is 10.9. The average molecular weight is 351 g/mol. The van der Waals surface area contributed by atoms with Gasteiger partial charge in [-0.25, -0.2) is 9.97 Å². The van der Waals surface area contributed by atoms with Crippen molar-refractivity contribution < 1.29 is 0 Å². The Balaban J connectivity index is 1.49. The van der Waals surface area contributed by atoms with Crippen molar-refractivity contribution in [1.82, 2.24) is 20.2 Å². The van der Waals surface area contributed by atoms with Gasteiger partial charge in [0.15, 0.2) is 5.82 Å². The lowest BCUT2D eigenvalue weighted by Gasteiger charge is -2.06. The van der Waals surface area contributed by atoms with E-state index in [-0.39, 0.29) is 0 Å². The Hall–Kier alpha value is -3.12. The topological polar surface area (TPSA) is 92.5 Å². The summed E-state index contributed by atoms with van der Waals surface area (Å²) in [6.07, 6.45) is 3.58. The molecule has 0 atom stereocenters. The van der Waals surface area contributed by atoms with Crippen LogP contribution in [-0.4, -0.2) is 20.2 Å². The molecular formula is C18H15ClN6. The van der Waals surface area contributed by atoms with Crippen LogP contribution in [-0.2, 0) is 6.54 Å². The Labute approximate surface area is 149 Å². The van der Waals surface area contributed by atoms with Crippen LogP contribution in [0.1, 0.15) is 5.56 Å². The number of H-pyrrole nitrogens is 1. The molecule has 124 valence electrons. The SMILES string of the molecule is Nc1n[nH]c2cc(-c3cnc(NCc4ccc(Cl)cc4)nc3)ccc12. The zero-order valence-electron chi connectivity index (χ0n) is 13.2. The number of benzene rings is 2. The smallest absolute Gasteiger partial charge is 0.222 e. The van der Waals surface area contributed by atoms with E-state index in [4.69, 9.17) is 17.3 Å². The van der Waals surface area contributed by atoms with Crippen LogP contribution in [0.25, 0.3) is 22.0 Å². The second-order valence-electron chi connectivity index (χ2n) is 5.64. The molecule has 6 nitrogen and oxygen atoms in total. The number of nitrogens with two attached hydrogens (primary N) is 1. The van der Waals surface area contributed by atoms with Gasteiger partial charge in [0, 0.05) is 34.9 Å². The lowest BCUT2D eigenvalue weighted by atomic mass is 10.1. The van der Waals surface area contributed by atoms with E-state index in [1.54, 1.807) is 12.4 Å². The molecule has 0 amide bonds. The molecule has 0 aliphatic heterocycles. The Morgan fingerprint density at radius 1 is 1.00 bits per heavy atom. The average Bonchev–Trinajstić information content (AvgIpc) is 3.02. The summed E-state index contributed by atoms with van der Waals surface area (Å²) in [5.41, 5.74) is 9.71. The third kappa shape index (κ3) is 3.25. The largest absolute Gasteiger partial charge is 0.382 e. The van der Waals surface area contributed by atoms with Crippen molar-refractivity contribution in [2.24, 2.45) is 0 Å². The van der Waals surface area contributed by atoms with E-state index in [0.29, 0.717) is 18.3 Å². The monoisotopic (exact) mass is 350 g/mol. The van der Waals surface area contributed by atoms with Gasteiger partial charge >= 0.3 is 0 Å². The number of nitrogens with zero attached hydrogens (tertiary/aromatic N) is 3. The quantitative estimate of drug-likeness (QED) is 0.519. The first-order chi connectivity index (χ1) is 12.2. The molecule has 0 unspecified atom stereocenters. The van der Waals surface area contributed by atoms with Gasteiger partial charge in [-0.1, -0.05) is 29.8 Å². The zero-order chi connectivity index (χ0) is 17.2. The van der Waals surface area contributed by atoms with Gasteiger partial charge in [0.1, 0.15) is 0 Å². The fraction of sp³-hybridized carbons (Fsp3) is 0.0556. The molecular weight excluding hydrogens is 336 g/mol. The summed E-state index contributed by atoms with van der Waals surface area (Å²) in [5.74, 6) is 1.07. The zero-order valence-corrected chi connectivity index (χ0v) is 14.0. The maximum Gasteiger partial charge on any atom is 0.222 e. The summed E-state index contributed by atoms with van der Waals surface area (Å²) < 4.78 is 0. The second-order valence-corrected chi connectivity index (χ2v) is 6.08. The highest BCUT2D eigenvalue weighted by molar-refractivity contribution is 6.30. The minimum absolute atomic E-state index is 0.500. The molecule has 2 aromatic carbocycles. The summed E-state index contributed by atoms with van der Waals surface area (Å²) in [4.78, 5) is 8.75. The van der Waals surface area contributed by atoms with Gasteiger partial charge in [0.2, 0.25) is 5.95 Å². The summed E-state index contributed by atoms with van der Waals surface area (Å²) in [6, 6.07) is 13.6. The van der Waals surface area contributed by atoms with Gasteiger partial charge in [-0.3, -0.25) is 5.10 Å². The van der Waals surface area contributed by atoms with Crippen LogP contribution in [0.2, 0.25) is 5.02 Å². The van der Waals surface area contributed by atoms with E-state index in [0.717, 1.165) is 32.6 Å². The van der Waals surface area contributed by atoms with Gasteiger partial charge in [-0.2, -0.15) is 5.10 Å². The maximum atomic E-state index is 5.88. The standard InChI is InChI=1S/C18H15ClN6/c19-14-4-1-11(2-5-14)8-21-18-22-9-13(10-23-18)12-3-6-15-16(7-12)24-25-17(15)20/h1-7,9-10H,8H2,(H3,20,24,25)(H,21,22,23). The van der Waals surface area contributed by atoms with Crippen LogP contribution in [0, 0.1) is 0 Å². The number of aromatic amines is 1. The highest BCUT2D eigenvalue weighted by Crippen LogP contribution is 2.25. The first-order valence-electron chi connectivity index (χ1n) is 7.73. The molecule has 0 fully saturated rings. The molecule has 4 rings (SSSR count). The maximum absolute atomic E-state index is 5.88. The van der Waals surface area contributed by atoms with E-state index in [1.165, 1.54) is 0 Å². The molecule has 0 aliphatic carbocycles. The fourth-order valence-corrected chi connectivity index (χ4v) is 2.70. The Morgan fingerprint density at radius 3 is 2.52 bits per heavy atom. The number of hydrogen-bond donors (Lipinski definition) is 3. The summed E-state index contributed by atoms with van der Waals surface area (Å²) >= 11 is 5.88. The summed E-state index contributed by atoms with van der Waals surface area (Å²) in [7, 11) is 0. The van der Waals surface area contributed by atoms with Gasteiger partial charge in [0.25, 0.3) is 0 Å². The van der Waals surface area contributed by atoms with Crippen LogP contribution in [0.5, 0.6) is 0 Å². The molecule has 7 heteroatoms. The van der Waals surface area contributed by atoms with Gasteiger partial charge in [-0.05, 0) is 35.4 Å². The molecule has 2 aromatic heterocycles. The van der Waals surface area contributed by atoms with Gasteiger partial charge < -0.3 is 11.1 Å². The minimum atomic E-state index is 0.500. The summed E-state index contributed by atoms with van der Waals surface area (Å²) in [5, 5.41) is 11.7. The van der Waals surface area contributed by atoms with Crippen molar-refractivity contribution in [3.8, 4) is 11.1 Å². The van der Waals surface area contributed by atoms with E-state index >= 15 is 0 Å². The van der Waals surface area contributed by atoms with E-state index < -0.39 is 0 Å². The highest BCUT2D eigenvalue weighted by Gasteiger charge is 2.06. The molecule has 0 spiro atoms. The molecule has 0 bridgehead atoms. The van der Waals surface area contributed by atoms with Crippen molar-refractivity contribution in [2.75, 3.05) is 11.1 Å². The van der Waals surface area contributed by atoms with Crippen molar-refractivity contribution in [3.63, 3.8) is 0 Å². The molecule has 0 saturated heterocycles. The van der Waals surface area contributed by atoms with E-state index in [1.807, 2.05) is 42.5 Å². The van der Waals surface area contributed by atoms with Gasteiger partial charge in [0.05, 0.1) is 5.52 Å². The molecule has 0 radical (unpaired) electrons. The number of nitrogen functional groups attached to an aromatic ring is 1. The minimum Gasteiger partial charge on any atom is -0.382 e. The molecule has 0 aliphatic rings. The molecule has 4 aromatic rings. The lowest BCUT2D eigenvalue weighted by molar-refractivity contribution is 1.06. The fourth-order valence-electron chi connectivity index (χ4n) is 2.57. The van der Waals surface area contributed by atoms with Crippen LogP contribution in [0.4, 0.5) is 11.8 Å². The molecule has 0 saturated carbocycles. The summed E-state index contributed by atoms with van der Waals surface area (Å²) in [6.45, 7) is 0.635. The lowest BCUT2D eigenvalue weighted by Crippen LogP contribution is -2.03. The van der Waals surface area contributed by atoms with Crippen molar-refractivity contribution in [1.29, 1.82) is 0 Å². The van der Waals surface area contributed by atoms with Crippen LogP contribution in [0.3, 0.4) is 0 Å². The molecule has 25 heavy (non-hydrogen) atoms. The van der Waals surface area contributed by atoms with E-state index in [9.17, 15) is 0 Å². The number of fused-ring (bicyclic) bond motifs is 1. The number of aromatic nitrogens is 4. The van der Waals surface area contributed by atoms with Crippen LogP contribution in [0.15, 0.2) is 54.9 Å². The number of nitrogens with one attached hydrogen (secondary N) is 2.